The van der Waals surface area contributed by atoms with Crippen molar-refractivity contribution in [3.05, 3.63) is 36.0 Å². The maximum absolute atomic E-state index is 11.9. The molecule has 0 spiro atoms. The van der Waals surface area contributed by atoms with Crippen LogP contribution < -0.4 is 10.6 Å². The van der Waals surface area contributed by atoms with Crippen LogP contribution in [0.1, 0.15) is 19.0 Å². The van der Waals surface area contributed by atoms with E-state index in [1.807, 2.05) is 44.2 Å². The summed E-state index contributed by atoms with van der Waals surface area (Å²) in [6, 6.07) is 9.38. The minimum absolute atomic E-state index is 0.136. The van der Waals surface area contributed by atoms with Gasteiger partial charge in [-0.2, -0.15) is 0 Å². The van der Waals surface area contributed by atoms with Crippen LogP contribution in [0.2, 0.25) is 0 Å². The van der Waals surface area contributed by atoms with Gasteiger partial charge in [0.2, 0.25) is 0 Å². The molecule has 2 amide bonds. The summed E-state index contributed by atoms with van der Waals surface area (Å²) in [5.41, 5.74) is 2.40. The Labute approximate surface area is 124 Å². The van der Waals surface area contributed by atoms with E-state index in [2.05, 4.69) is 15.6 Å². The van der Waals surface area contributed by atoms with Gasteiger partial charge in [-0.3, -0.25) is 4.98 Å². The highest BCUT2D eigenvalue weighted by atomic mass is 16.3. The molecule has 0 aliphatic heterocycles. The summed E-state index contributed by atoms with van der Waals surface area (Å²) in [5, 5.41) is 15.5. The molecule has 1 heterocycles. The Hall–Kier alpha value is -2.14. The van der Waals surface area contributed by atoms with Gasteiger partial charge in [0.1, 0.15) is 0 Å². The number of aliphatic hydroxyl groups excluding tert-OH is 1. The lowest BCUT2D eigenvalue weighted by molar-refractivity contribution is 0.243. The summed E-state index contributed by atoms with van der Waals surface area (Å²) in [6.07, 6.45) is 0.676. The second kappa shape index (κ2) is 7.04. The van der Waals surface area contributed by atoms with Crippen LogP contribution in [-0.2, 0) is 0 Å². The van der Waals surface area contributed by atoms with E-state index in [0.29, 0.717) is 18.7 Å². The number of amides is 2. The molecule has 0 bridgehead atoms. The van der Waals surface area contributed by atoms with Crippen molar-refractivity contribution in [2.24, 2.45) is 5.92 Å². The molecule has 5 heteroatoms. The van der Waals surface area contributed by atoms with Crippen molar-refractivity contribution in [1.29, 1.82) is 0 Å². The van der Waals surface area contributed by atoms with Crippen molar-refractivity contribution in [2.45, 2.75) is 20.3 Å². The number of nitrogens with one attached hydrogen (secondary N) is 2. The Morgan fingerprint density at radius 1 is 1.33 bits per heavy atom. The second-order valence-corrected chi connectivity index (χ2v) is 5.28. The first kappa shape index (κ1) is 15.3. The second-order valence-electron chi connectivity index (χ2n) is 5.28. The number of hydrogen-bond acceptors (Lipinski definition) is 3. The molecule has 1 aromatic carbocycles. The fourth-order valence-corrected chi connectivity index (χ4v) is 2.10. The van der Waals surface area contributed by atoms with E-state index in [4.69, 9.17) is 5.11 Å². The van der Waals surface area contributed by atoms with Gasteiger partial charge in [-0.15, -0.1) is 0 Å². The number of fused-ring (bicyclic) bond motifs is 1. The summed E-state index contributed by atoms with van der Waals surface area (Å²) in [5.74, 6) is 0.244. The first-order valence-corrected chi connectivity index (χ1v) is 7.12. The number of benzene rings is 1. The lowest BCUT2D eigenvalue weighted by Gasteiger charge is -2.13. The molecule has 5 nitrogen and oxygen atoms in total. The predicted molar refractivity (Wildman–Crippen MR) is 84.4 cm³/mol. The molecule has 0 aliphatic rings. The van der Waals surface area contributed by atoms with Crippen molar-refractivity contribution in [1.82, 2.24) is 10.3 Å². The zero-order chi connectivity index (χ0) is 15.2. The standard InChI is InChI=1S/C16H21N3O2/c1-11(8-9-20)10-17-16(21)19-14-5-3-4-13-7-6-12(2)18-15(13)14/h3-7,11,20H,8-10H2,1-2H3,(H2,17,19,21). The highest BCUT2D eigenvalue weighted by molar-refractivity contribution is 5.99. The zero-order valence-electron chi connectivity index (χ0n) is 12.4. The molecular weight excluding hydrogens is 266 g/mol. The van der Waals surface area contributed by atoms with Gasteiger partial charge in [0.25, 0.3) is 0 Å². The lowest BCUT2D eigenvalue weighted by Crippen LogP contribution is -2.32. The quantitative estimate of drug-likeness (QED) is 0.791. The Morgan fingerprint density at radius 2 is 2.14 bits per heavy atom. The lowest BCUT2D eigenvalue weighted by atomic mass is 10.1. The van der Waals surface area contributed by atoms with E-state index in [9.17, 15) is 4.79 Å². The molecule has 1 aromatic heterocycles. The van der Waals surface area contributed by atoms with Gasteiger partial charge in [0.15, 0.2) is 0 Å². The molecule has 2 rings (SSSR count). The number of pyridine rings is 1. The summed E-state index contributed by atoms with van der Waals surface area (Å²) >= 11 is 0. The molecule has 0 saturated heterocycles. The van der Waals surface area contributed by atoms with Crippen molar-refractivity contribution in [3.8, 4) is 0 Å². The zero-order valence-corrected chi connectivity index (χ0v) is 12.4. The van der Waals surface area contributed by atoms with Crippen LogP contribution in [0.3, 0.4) is 0 Å². The van der Waals surface area contributed by atoms with Crippen LogP contribution in [0.5, 0.6) is 0 Å². The molecule has 0 radical (unpaired) electrons. The average Bonchev–Trinajstić information content (AvgIpc) is 2.46. The summed E-state index contributed by atoms with van der Waals surface area (Å²) in [7, 11) is 0. The Bertz CT molecular complexity index is 628. The average molecular weight is 287 g/mol. The third kappa shape index (κ3) is 4.16. The van der Waals surface area contributed by atoms with Gasteiger partial charge in [-0.25, -0.2) is 4.79 Å². The van der Waals surface area contributed by atoms with Crippen molar-refractivity contribution in [3.63, 3.8) is 0 Å². The molecule has 21 heavy (non-hydrogen) atoms. The number of carbonyl (C=O) groups excluding carboxylic acids is 1. The van der Waals surface area contributed by atoms with Crippen LogP contribution in [0.25, 0.3) is 10.9 Å². The highest BCUT2D eigenvalue weighted by Crippen LogP contribution is 2.21. The van der Waals surface area contributed by atoms with E-state index in [1.54, 1.807) is 0 Å². The number of urea groups is 1. The number of para-hydroxylation sites is 1. The smallest absolute Gasteiger partial charge is 0.319 e. The fourth-order valence-electron chi connectivity index (χ4n) is 2.10. The Kier molecular flexibility index (Phi) is 5.11. The number of aryl methyl sites for hydroxylation is 1. The molecule has 1 unspecified atom stereocenters. The first-order chi connectivity index (χ1) is 10.1. The Balaban J connectivity index is 2.05. The predicted octanol–water partition coefficient (Wildman–Crippen LogP) is 2.68. The van der Waals surface area contributed by atoms with Crippen molar-refractivity contribution >= 4 is 22.6 Å². The van der Waals surface area contributed by atoms with Crippen LogP contribution in [-0.4, -0.2) is 29.3 Å². The SMILES string of the molecule is Cc1ccc2cccc(NC(=O)NCC(C)CCO)c2n1. The number of carbonyl (C=O) groups is 1. The van der Waals surface area contributed by atoms with Crippen LogP contribution >= 0.6 is 0 Å². The molecule has 3 N–H and O–H groups in total. The van der Waals surface area contributed by atoms with E-state index < -0.39 is 0 Å². The molecular formula is C16H21N3O2. The summed E-state index contributed by atoms with van der Waals surface area (Å²) in [4.78, 5) is 16.4. The molecule has 2 aromatic rings. The van der Waals surface area contributed by atoms with Crippen molar-refractivity contribution < 1.29 is 9.90 Å². The molecule has 0 fully saturated rings. The van der Waals surface area contributed by atoms with Gasteiger partial charge in [-0.1, -0.05) is 25.1 Å². The third-order valence-electron chi connectivity index (χ3n) is 3.34. The maximum Gasteiger partial charge on any atom is 0.319 e. The van der Waals surface area contributed by atoms with Gasteiger partial charge >= 0.3 is 6.03 Å². The maximum atomic E-state index is 11.9. The third-order valence-corrected chi connectivity index (χ3v) is 3.34. The number of hydrogen-bond donors (Lipinski definition) is 3. The largest absolute Gasteiger partial charge is 0.396 e. The molecule has 0 saturated carbocycles. The van der Waals surface area contributed by atoms with Crippen LogP contribution in [0, 0.1) is 12.8 Å². The molecule has 0 aliphatic carbocycles. The fraction of sp³-hybridized carbons (Fsp3) is 0.375. The monoisotopic (exact) mass is 287 g/mol. The topological polar surface area (TPSA) is 74.2 Å². The van der Waals surface area contributed by atoms with Crippen LogP contribution in [0.15, 0.2) is 30.3 Å². The van der Waals surface area contributed by atoms with Crippen molar-refractivity contribution in [2.75, 3.05) is 18.5 Å². The van der Waals surface area contributed by atoms with E-state index >= 15 is 0 Å². The Morgan fingerprint density at radius 3 is 2.90 bits per heavy atom. The molecule has 1 atom stereocenters. The van der Waals surface area contributed by atoms with E-state index in [1.165, 1.54) is 0 Å². The van der Waals surface area contributed by atoms with Gasteiger partial charge < -0.3 is 15.7 Å². The normalized spacial score (nSPS) is 12.1. The number of nitrogens with zero attached hydrogens (tertiary/aromatic N) is 1. The first-order valence-electron chi connectivity index (χ1n) is 7.12. The number of aromatic nitrogens is 1. The van der Waals surface area contributed by atoms with E-state index in [-0.39, 0.29) is 18.6 Å². The summed E-state index contributed by atoms with van der Waals surface area (Å²) < 4.78 is 0. The van der Waals surface area contributed by atoms with Gasteiger partial charge in [0.05, 0.1) is 11.2 Å². The highest BCUT2D eigenvalue weighted by Gasteiger charge is 2.08. The minimum Gasteiger partial charge on any atom is -0.396 e. The summed E-state index contributed by atoms with van der Waals surface area (Å²) in [6.45, 7) is 4.58. The molecule has 112 valence electrons. The van der Waals surface area contributed by atoms with Gasteiger partial charge in [0, 0.05) is 24.2 Å². The van der Waals surface area contributed by atoms with Crippen LogP contribution in [0.4, 0.5) is 10.5 Å². The van der Waals surface area contributed by atoms with E-state index in [0.717, 1.165) is 16.6 Å². The minimum atomic E-state index is -0.254. The van der Waals surface area contributed by atoms with Gasteiger partial charge in [-0.05, 0) is 31.4 Å². The number of aliphatic hydroxyl groups is 1. The number of anilines is 1. The number of rotatable bonds is 5.